The summed E-state index contributed by atoms with van der Waals surface area (Å²) in [5, 5.41) is 0. The number of ether oxygens (including phenoxy) is 1. The van der Waals surface area contributed by atoms with Gasteiger partial charge in [-0.15, -0.1) is 0 Å². The molecule has 0 amide bonds. The van der Waals surface area contributed by atoms with Crippen molar-refractivity contribution in [2.45, 2.75) is 53.5 Å². The first-order valence-corrected chi connectivity index (χ1v) is 11.6. The maximum Gasteiger partial charge on any atom is 0.309 e. The first-order valence-electron chi connectivity index (χ1n) is 11.6. The highest BCUT2D eigenvalue weighted by Gasteiger charge is 2.31. The Morgan fingerprint density at radius 2 is 1.85 bits per heavy atom. The highest BCUT2D eigenvalue weighted by atomic mass is 16.5. The lowest BCUT2D eigenvalue weighted by Crippen LogP contribution is -2.22. The normalized spacial score (nSPS) is 13.2. The van der Waals surface area contributed by atoms with E-state index < -0.39 is 0 Å². The van der Waals surface area contributed by atoms with Crippen molar-refractivity contribution in [3.05, 3.63) is 82.7 Å². The van der Waals surface area contributed by atoms with E-state index in [1.54, 1.807) is 0 Å². The second kappa shape index (κ2) is 9.61. The molecule has 3 heterocycles. The molecule has 0 aliphatic rings. The van der Waals surface area contributed by atoms with Crippen molar-refractivity contribution >= 4 is 17.1 Å². The van der Waals surface area contributed by atoms with Gasteiger partial charge in [0.05, 0.1) is 25.0 Å². The van der Waals surface area contributed by atoms with E-state index >= 15 is 0 Å². The highest BCUT2D eigenvalue weighted by Crippen LogP contribution is 2.34. The molecule has 33 heavy (non-hydrogen) atoms. The predicted octanol–water partition coefficient (Wildman–Crippen LogP) is 5.58. The summed E-state index contributed by atoms with van der Waals surface area (Å²) >= 11 is 0. The Balaban J connectivity index is 1.71. The molecule has 2 unspecified atom stereocenters. The molecule has 4 aromatic rings. The lowest BCUT2D eigenvalue weighted by molar-refractivity contribution is -0.148. The Labute approximate surface area is 194 Å². The molecule has 0 bridgehead atoms. The number of pyridine rings is 1. The van der Waals surface area contributed by atoms with Gasteiger partial charge < -0.3 is 13.7 Å². The van der Waals surface area contributed by atoms with Crippen LogP contribution in [0, 0.1) is 19.8 Å². The average Bonchev–Trinajstić information content (AvgIpc) is 3.40. The summed E-state index contributed by atoms with van der Waals surface area (Å²) in [6.07, 6.45) is 0.801. The lowest BCUT2D eigenvalue weighted by atomic mass is 9.85. The summed E-state index contributed by atoms with van der Waals surface area (Å²) in [6, 6.07) is 16.0. The maximum absolute atomic E-state index is 12.6. The van der Waals surface area contributed by atoms with Gasteiger partial charge in [0.1, 0.15) is 22.9 Å². The second-order valence-electron chi connectivity index (χ2n) is 8.45. The molecule has 0 saturated heterocycles. The molecular formula is C27H31N3O3. The fourth-order valence-electron chi connectivity index (χ4n) is 4.46. The molecule has 0 N–H and O–H groups in total. The minimum atomic E-state index is -0.376. The Morgan fingerprint density at radius 1 is 1.09 bits per heavy atom. The van der Waals surface area contributed by atoms with Crippen LogP contribution in [0.5, 0.6) is 0 Å². The number of aryl methyl sites for hydroxylation is 3. The fraction of sp³-hybridized carbons (Fsp3) is 0.370. The van der Waals surface area contributed by atoms with Crippen LogP contribution in [0.4, 0.5) is 0 Å². The largest absolute Gasteiger partial charge is 0.466 e. The van der Waals surface area contributed by atoms with E-state index in [1.807, 2.05) is 63.2 Å². The molecule has 0 radical (unpaired) electrons. The average molecular weight is 446 g/mol. The van der Waals surface area contributed by atoms with Crippen LogP contribution in [0.3, 0.4) is 0 Å². The van der Waals surface area contributed by atoms with Crippen molar-refractivity contribution < 1.29 is 13.9 Å². The molecule has 4 rings (SSSR count). The van der Waals surface area contributed by atoms with Crippen LogP contribution in [0.15, 0.2) is 52.9 Å². The zero-order chi connectivity index (χ0) is 23.5. The molecular weight excluding hydrogens is 414 g/mol. The Kier molecular flexibility index (Phi) is 6.63. The van der Waals surface area contributed by atoms with Crippen LogP contribution in [0.2, 0.25) is 0 Å². The number of hydrogen-bond donors (Lipinski definition) is 0. The number of aromatic nitrogens is 3. The number of hydrogen-bond acceptors (Lipinski definition) is 5. The predicted molar refractivity (Wildman–Crippen MR) is 128 cm³/mol. The third-order valence-corrected chi connectivity index (χ3v) is 6.04. The van der Waals surface area contributed by atoms with Crippen LogP contribution in [0.25, 0.3) is 11.2 Å². The molecule has 0 saturated carbocycles. The number of fused-ring (bicyclic) bond motifs is 1. The van der Waals surface area contributed by atoms with E-state index in [1.165, 1.54) is 0 Å². The third-order valence-electron chi connectivity index (χ3n) is 6.04. The van der Waals surface area contributed by atoms with Gasteiger partial charge in [-0.2, -0.15) is 0 Å². The molecule has 1 aromatic carbocycles. The van der Waals surface area contributed by atoms with Crippen LogP contribution >= 0.6 is 0 Å². The number of carbonyl (C=O) groups is 1. The molecule has 0 aliphatic heterocycles. The summed E-state index contributed by atoms with van der Waals surface area (Å²) in [5.74, 6) is 1.69. The van der Waals surface area contributed by atoms with Gasteiger partial charge in [-0.25, -0.2) is 9.97 Å². The smallest absolute Gasteiger partial charge is 0.309 e. The minimum Gasteiger partial charge on any atom is -0.466 e. The van der Waals surface area contributed by atoms with Crippen LogP contribution in [-0.4, -0.2) is 27.1 Å². The topological polar surface area (TPSA) is 70.2 Å². The molecule has 172 valence electrons. The highest BCUT2D eigenvalue weighted by molar-refractivity contribution is 5.76. The number of benzene rings is 1. The molecule has 6 nitrogen and oxygen atoms in total. The first kappa shape index (κ1) is 22.8. The van der Waals surface area contributed by atoms with Crippen molar-refractivity contribution in [1.29, 1.82) is 0 Å². The monoisotopic (exact) mass is 445 g/mol. The van der Waals surface area contributed by atoms with E-state index in [2.05, 4.69) is 24.5 Å². The molecule has 0 fully saturated rings. The van der Waals surface area contributed by atoms with E-state index in [0.717, 1.165) is 51.8 Å². The first-order chi connectivity index (χ1) is 15.9. The number of carbonyl (C=O) groups excluding carboxylic acids is 1. The molecule has 3 aromatic heterocycles. The van der Waals surface area contributed by atoms with Crippen molar-refractivity contribution in [2.75, 3.05) is 6.61 Å². The number of nitrogens with zero attached hydrogens (tertiary/aromatic N) is 3. The van der Waals surface area contributed by atoms with Crippen molar-refractivity contribution in [1.82, 2.24) is 14.5 Å². The maximum atomic E-state index is 12.6. The zero-order valence-electron chi connectivity index (χ0n) is 20.0. The SMILES string of the molecule is CCOC(=O)C(C)C(c1ccccc1)c1ccc(Cn2c(CC)nc3c(C)cc(C)nc32)o1. The Hall–Kier alpha value is -3.41. The fourth-order valence-corrected chi connectivity index (χ4v) is 4.46. The molecule has 6 heteroatoms. The quantitative estimate of drug-likeness (QED) is 0.331. The van der Waals surface area contributed by atoms with Crippen molar-refractivity contribution in [3.8, 4) is 0 Å². The number of esters is 1. The summed E-state index contributed by atoms with van der Waals surface area (Å²) < 4.78 is 13.8. The summed E-state index contributed by atoms with van der Waals surface area (Å²) in [7, 11) is 0. The van der Waals surface area contributed by atoms with Gasteiger partial charge in [-0.1, -0.05) is 44.2 Å². The summed E-state index contributed by atoms with van der Waals surface area (Å²) in [5.41, 5.74) is 4.92. The van der Waals surface area contributed by atoms with Crippen molar-refractivity contribution in [2.24, 2.45) is 5.92 Å². The van der Waals surface area contributed by atoms with Gasteiger partial charge in [0.15, 0.2) is 5.65 Å². The van der Waals surface area contributed by atoms with E-state index in [-0.39, 0.29) is 17.8 Å². The number of rotatable bonds is 8. The molecule has 0 aliphatic carbocycles. The van der Waals surface area contributed by atoms with Gasteiger partial charge in [0, 0.05) is 12.1 Å². The second-order valence-corrected chi connectivity index (χ2v) is 8.45. The zero-order valence-corrected chi connectivity index (χ0v) is 20.0. The Bertz CT molecular complexity index is 1260. The lowest BCUT2D eigenvalue weighted by Gasteiger charge is -2.21. The van der Waals surface area contributed by atoms with Crippen LogP contribution in [-0.2, 0) is 22.5 Å². The van der Waals surface area contributed by atoms with Crippen LogP contribution in [0.1, 0.15) is 60.9 Å². The number of imidazole rings is 1. The van der Waals surface area contributed by atoms with Gasteiger partial charge in [0.25, 0.3) is 0 Å². The van der Waals surface area contributed by atoms with Gasteiger partial charge in [-0.05, 0) is 50.1 Å². The van der Waals surface area contributed by atoms with Gasteiger partial charge in [0.2, 0.25) is 0 Å². The van der Waals surface area contributed by atoms with E-state index in [0.29, 0.717) is 13.2 Å². The molecule has 0 spiro atoms. The van der Waals surface area contributed by atoms with Crippen LogP contribution < -0.4 is 0 Å². The molecule has 2 atom stereocenters. The minimum absolute atomic E-state index is 0.228. The van der Waals surface area contributed by atoms with E-state index in [4.69, 9.17) is 19.1 Å². The number of furan rings is 1. The van der Waals surface area contributed by atoms with E-state index in [9.17, 15) is 4.79 Å². The third kappa shape index (κ3) is 4.56. The van der Waals surface area contributed by atoms with Gasteiger partial charge in [-0.3, -0.25) is 4.79 Å². The Morgan fingerprint density at radius 3 is 2.55 bits per heavy atom. The summed E-state index contributed by atoms with van der Waals surface area (Å²) in [6.45, 7) is 10.8. The standard InChI is InChI=1S/C27H31N3O3/c1-6-23-29-25-17(3)15-18(4)28-26(25)30(23)16-21-13-14-22(33-21)24(19(5)27(31)32-7-2)20-11-9-8-10-12-20/h8-15,19,24H,6-7,16H2,1-5H3. The van der Waals surface area contributed by atoms with Gasteiger partial charge >= 0.3 is 5.97 Å². The summed E-state index contributed by atoms with van der Waals surface area (Å²) in [4.78, 5) is 22.2. The van der Waals surface area contributed by atoms with Crippen molar-refractivity contribution in [3.63, 3.8) is 0 Å².